The molecule has 0 aliphatic carbocycles. The molecule has 1 aromatic heterocycles. The third-order valence-corrected chi connectivity index (χ3v) is 2.64. The van der Waals surface area contributed by atoms with Crippen LogP contribution in [0.2, 0.25) is 0 Å². The molecular weight excluding hydrogens is 257 g/mol. The SMILES string of the molecule is O=S(=O)(F)Oc1ccc(Cc2cccnc2)cc1. The smallest absolute Gasteiger partial charge is 0.358 e. The van der Waals surface area contributed by atoms with Crippen LogP contribution in [-0.4, -0.2) is 13.4 Å². The van der Waals surface area contributed by atoms with Crippen molar-refractivity contribution in [2.24, 2.45) is 0 Å². The van der Waals surface area contributed by atoms with E-state index in [2.05, 4.69) is 9.17 Å². The fourth-order valence-corrected chi connectivity index (χ4v) is 1.86. The third-order valence-electron chi connectivity index (χ3n) is 2.25. The van der Waals surface area contributed by atoms with Gasteiger partial charge < -0.3 is 4.18 Å². The first-order chi connectivity index (χ1) is 8.53. The van der Waals surface area contributed by atoms with Crippen LogP contribution < -0.4 is 4.18 Å². The highest BCUT2D eigenvalue weighted by Crippen LogP contribution is 2.16. The van der Waals surface area contributed by atoms with Crippen LogP contribution in [0.3, 0.4) is 0 Å². The van der Waals surface area contributed by atoms with Crippen LogP contribution in [0.5, 0.6) is 5.75 Å². The van der Waals surface area contributed by atoms with Crippen molar-refractivity contribution in [2.45, 2.75) is 6.42 Å². The van der Waals surface area contributed by atoms with Gasteiger partial charge in [-0.25, -0.2) is 0 Å². The van der Waals surface area contributed by atoms with Crippen LogP contribution in [0.1, 0.15) is 11.1 Å². The molecule has 0 amide bonds. The molecule has 0 radical (unpaired) electrons. The van der Waals surface area contributed by atoms with Crippen molar-refractivity contribution in [3.63, 3.8) is 0 Å². The molecular formula is C12H10FNO3S. The largest absolute Gasteiger partial charge is 0.488 e. The van der Waals surface area contributed by atoms with E-state index in [1.807, 2.05) is 12.1 Å². The molecule has 2 rings (SSSR count). The van der Waals surface area contributed by atoms with Crippen molar-refractivity contribution in [3.8, 4) is 5.75 Å². The molecule has 18 heavy (non-hydrogen) atoms. The van der Waals surface area contributed by atoms with E-state index in [1.54, 1.807) is 24.5 Å². The summed E-state index contributed by atoms with van der Waals surface area (Å²) in [6, 6.07) is 9.93. The number of hydrogen-bond donors (Lipinski definition) is 0. The number of aromatic nitrogens is 1. The van der Waals surface area contributed by atoms with Gasteiger partial charge >= 0.3 is 10.5 Å². The van der Waals surface area contributed by atoms with Crippen molar-refractivity contribution in [3.05, 3.63) is 59.9 Å². The summed E-state index contributed by atoms with van der Waals surface area (Å²) in [6.07, 6.45) is 4.10. The average molecular weight is 267 g/mol. The molecule has 0 unspecified atom stereocenters. The fraction of sp³-hybridized carbons (Fsp3) is 0.0833. The quantitative estimate of drug-likeness (QED) is 0.797. The minimum atomic E-state index is -4.96. The molecule has 4 nitrogen and oxygen atoms in total. The number of rotatable bonds is 4. The van der Waals surface area contributed by atoms with Crippen molar-refractivity contribution in [2.75, 3.05) is 0 Å². The number of pyridine rings is 1. The van der Waals surface area contributed by atoms with Gasteiger partial charge in [0.1, 0.15) is 5.75 Å². The molecule has 1 heterocycles. The Morgan fingerprint density at radius 3 is 2.39 bits per heavy atom. The van der Waals surface area contributed by atoms with E-state index in [-0.39, 0.29) is 5.75 Å². The third kappa shape index (κ3) is 3.81. The molecule has 94 valence electrons. The van der Waals surface area contributed by atoms with Crippen molar-refractivity contribution >= 4 is 10.5 Å². The predicted octanol–water partition coefficient (Wildman–Crippen LogP) is 2.27. The average Bonchev–Trinajstić information content (AvgIpc) is 2.31. The maximum Gasteiger partial charge on any atom is 0.488 e. The van der Waals surface area contributed by atoms with Crippen LogP contribution in [0.4, 0.5) is 3.89 Å². The van der Waals surface area contributed by atoms with Crippen LogP contribution >= 0.6 is 0 Å². The molecule has 2 aromatic rings. The molecule has 0 bridgehead atoms. The number of halogens is 1. The Morgan fingerprint density at radius 2 is 1.83 bits per heavy atom. The normalized spacial score (nSPS) is 11.2. The van der Waals surface area contributed by atoms with Crippen molar-refractivity contribution < 1.29 is 16.5 Å². The predicted molar refractivity (Wildman–Crippen MR) is 64.1 cm³/mol. The van der Waals surface area contributed by atoms with Gasteiger partial charge in [0.2, 0.25) is 0 Å². The standard InChI is InChI=1S/C12H10FNO3S/c13-18(15,16)17-12-5-3-10(4-6-12)8-11-2-1-7-14-9-11/h1-7,9H,8H2. The molecule has 0 spiro atoms. The second-order valence-corrected chi connectivity index (χ2v) is 4.61. The van der Waals surface area contributed by atoms with Gasteiger partial charge in [-0.15, -0.1) is 0 Å². The molecule has 0 saturated heterocycles. The van der Waals surface area contributed by atoms with Gasteiger partial charge in [0, 0.05) is 12.4 Å². The van der Waals surface area contributed by atoms with E-state index in [4.69, 9.17) is 0 Å². The lowest BCUT2D eigenvalue weighted by atomic mass is 10.1. The van der Waals surface area contributed by atoms with Crippen LogP contribution in [0.25, 0.3) is 0 Å². The van der Waals surface area contributed by atoms with E-state index in [0.29, 0.717) is 6.42 Å². The first-order valence-electron chi connectivity index (χ1n) is 5.15. The first-order valence-corrected chi connectivity index (χ1v) is 6.46. The highest BCUT2D eigenvalue weighted by Gasteiger charge is 2.08. The Balaban J connectivity index is 2.09. The van der Waals surface area contributed by atoms with E-state index in [0.717, 1.165) is 11.1 Å². The van der Waals surface area contributed by atoms with Gasteiger partial charge in [-0.2, -0.15) is 8.42 Å². The maximum absolute atomic E-state index is 12.3. The summed E-state index contributed by atoms with van der Waals surface area (Å²) in [5, 5.41) is 0. The van der Waals surface area contributed by atoms with E-state index in [1.165, 1.54) is 12.1 Å². The maximum atomic E-state index is 12.3. The van der Waals surface area contributed by atoms with Crippen LogP contribution in [0.15, 0.2) is 48.8 Å². The zero-order valence-electron chi connectivity index (χ0n) is 9.28. The second kappa shape index (κ2) is 5.14. The summed E-state index contributed by atoms with van der Waals surface area (Å²) in [5.74, 6) is -0.0487. The molecule has 0 N–H and O–H groups in total. The molecule has 1 aromatic carbocycles. The Labute approximate surface area is 104 Å². The van der Waals surface area contributed by atoms with Crippen molar-refractivity contribution in [1.82, 2.24) is 4.98 Å². The highest BCUT2D eigenvalue weighted by molar-refractivity contribution is 7.81. The number of hydrogen-bond acceptors (Lipinski definition) is 4. The summed E-state index contributed by atoms with van der Waals surface area (Å²) in [7, 11) is -4.96. The minimum absolute atomic E-state index is 0.0487. The fourth-order valence-electron chi connectivity index (χ4n) is 1.52. The lowest BCUT2D eigenvalue weighted by molar-refractivity contribution is 0.440. The summed E-state index contributed by atoms with van der Waals surface area (Å²) in [4.78, 5) is 3.99. The van der Waals surface area contributed by atoms with Gasteiger partial charge in [-0.1, -0.05) is 22.1 Å². The number of nitrogens with zero attached hydrogens (tertiary/aromatic N) is 1. The first kappa shape index (κ1) is 12.5. The van der Waals surface area contributed by atoms with Crippen molar-refractivity contribution in [1.29, 1.82) is 0 Å². The Bertz CT molecular complexity index is 612. The Kier molecular flexibility index (Phi) is 3.57. The summed E-state index contributed by atoms with van der Waals surface area (Å²) >= 11 is 0. The lowest BCUT2D eigenvalue weighted by Gasteiger charge is -2.03. The summed E-state index contributed by atoms with van der Waals surface area (Å²) in [5.41, 5.74) is 1.98. The van der Waals surface area contributed by atoms with E-state index >= 15 is 0 Å². The van der Waals surface area contributed by atoms with Gasteiger partial charge in [0.15, 0.2) is 0 Å². The van der Waals surface area contributed by atoms with Gasteiger partial charge in [-0.3, -0.25) is 4.98 Å². The van der Waals surface area contributed by atoms with Gasteiger partial charge in [0.25, 0.3) is 0 Å². The zero-order chi connectivity index (χ0) is 13.0. The Hall–Kier alpha value is -1.95. The minimum Gasteiger partial charge on any atom is -0.358 e. The lowest BCUT2D eigenvalue weighted by Crippen LogP contribution is -2.01. The number of benzene rings is 1. The molecule has 0 aliphatic rings. The molecule has 0 saturated carbocycles. The molecule has 0 atom stereocenters. The molecule has 6 heteroatoms. The van der Waals surface area contributed by atoms with Gasteiger partial charge in [-0.05, 0) is 35.7 Å². The van der Waals surface area contributed by atoms with Crippen LogP contribution in [0, 0.1) is 0 Å². The van der Waals surface area contributed by atoms with E-state index < -0.39 is 10.5 Å². The van der Waals surface area contributed by atoms with Crippen LogP contribution in [-0.2, 0) is 16.9 Å². The Morgan fingerprint density at radius 1 is 1.11 bits per heavy atom. The zero-order valence-corrected chi connectivity index (χ0v) is 10.1. The monoisotopic (exact) mass is 267 g/mol. The summed E-state index contributed by atoms with van der Waals surface area (Å²) in [6.45, 7) is 0. The topological polar surface area (TPSA) is 56.3 Å². The summed E-state index contributed by atoms with van der Waals surface area (Å²) < 4.78 is 36.9. The van der Waals surface area contributed by atoms with E-state index in [9.17, 15) is 12.3 Å². The molecule has 0 aliphatic heterocycles. The molecule has 0 fully saturated rings. The highest BCUT2D eigenvalue weighted by atomic mass is 32.3. The van der Waals surface area contributed by atoms with Gasteiger partial charge in [0.05, 0.1) is 0 Å². The second-order valence-electron chi connectivity index (χ2n) is 3.66.